The molecule has 0 fully saturated rings. The van der Waals surface area contributed by atoms with E-state index in [-0.39, 0.29) is 0 Å². The second kappa shape index (κ2) is 4.94. The van der Waals surface area contributed by atoms with Crippen LogP contribution in [0.15, 0.2) is 40.9 Å². The minimum absolute atomic E-state index is 0.504. The van der Waals surface area contributed by atoms with Crippen molar-refractivity contribution in [3.8, 4) is 5.69 Å². The fraction of sp³-hybridized carbons (Fsp3) is 0. The highest BCUT2D eigenvalue weighted by molar-refractivity contribution is 9.10. The third-order valence-corrected chi connectivity index (χ3v) is 4.49. The summed E-state index contributed by atoms with van der Waals surface area (Å²) in [5.74, 6) is 0. The molecular weight excluding hydrogens is 367 g/mol. The molecule has 0 amide bonds. The highest BCUT2D eigenvalue weighted by Crippen LogP contribution is 2.31. The number of fused-ring (bicyclic) bond motifs is 1. The molecule has 0 unspecified atom stereocenters. The van der Waals surface area contributed by atoms with Gasteiger partial charge >= 0.3 is 0 Å². The number of imidazole rings is 1. The number of halogens is 3. The Morgan fingerprint density at radius 1 is 1.11 bits per heavy atom. The predicted molar refractivity (Wildman–Crippen MR) is 86.2 cm³/mol. The Labute approximate surface area is 133 Å². The molecule has 6 heteroatoms. The van der Waals surface area contributed by atoms with Crippen LogP contribution < -0.4 is 0 Å². The SMILES string of the molecule is S=c1[nH]c2cc(Cl)c(Cl)cc2n1-c1ccccc1Br. The van der Waals surface area contributed by atoms with Crippen LogP contribution in [0.4, 0.5) is 0 Å². The smallest absolute Gasteiger partial charge is 0.182 e. The number of benzene rings is 2. The third-order valence-electron chi connectivity index (χ3n) is 2.82. The van der Waals surface area contributed by atoms with Gasteiger partial charge in [0.25, 0.3) is 0 Å². The van der Waals surface area contributed by atoms with Crippen LogP contribution in [0.5, 0.6) is 0 Å². The maximum atomic E-state index is 6.09. The Hall–Kier alpha value is -0.810. The zero-order valence-electron chi connectivity index (χ0n) is 9.45. The van der Waals surface area contributed by atoms with Gasteiger partial charge in [-0.3, -0.25) is 4.57 Å². The molecule has 0 atom stereocenters. The van der Waals surface area contributed by atoms with Gasteiger partial charge in [0.2, 0.25) is 0 Å². The molecule has 2 nitrogen and oxygen atoms in total. The lowest BCUT2D eigenvalue weighted by Crippen LogP contribution is -1.94. The Kier molecular flexibility index (Phi) is 3.43. The molecule has 1 heterocycles. The maximum Gasteiger partial charge on any atom is 0.182 e. The van der Waals surface area contributed by atoms with E-state index in [1.807, 2.05) is 34.9 Å². The van der Waals surface area contributed by atoms with E-state index in [0.717, 1.165) is 21.2 Å². The quantitative estimate of drug-likeness (QED) is 0.538. The summed E-state index contributed by atoms with van der Waals surface area (Å²) in [5.41, 5.74) is 2.71. The molecule has 3 rings (SSSR count). The zero-order chi connectivity index (χ0) is 13.6. The summed E-state index contributed by atoms with van der Waals surface area (Å²) < 4.78 is 3.48. The third kappa shape index (κ3) is 2.23. The van der Waals surface area contributed by atoms with Gasteiger partial charge in [-0.1, -0.05) is 35.3 Å². The molecule has 0 saturated heterocycles. The molecule has 0 aliphatic heterocycles. The van der Waals surface area contributed by atoms with E-state index >= 15 is 0 Å². The van der Waals surface area contributed by atoms with Crippen molar-refractivity contribution in [3.63, 3.8) is 0 Å². The minimum Gasteiger partial charge on any atom is -0.330 e. The molecule has 0 aliphatic rings. The first-order valence-corrected chi connectivity index (χ1v) is 7.38. The lowest BCUT2D eigenvalue weighted by molar-refractivity contribution is 1.06. The van der Waals surface area contributed by atoms with Crippen LogP contribution in [0, 0.1) is 4.77 Å². The van der Waals surface area contributed by atoms with Gasteiger partial charge in [-0.05, 0) is 52.4 Å². The zero-order valence-corrected chi connectivity index (χ0v) is 13.4. The first-order valence-electron chi connectivity index (χ1n) is 5.42. The summed E-state index contributed by atoms with van der Waals surface area (Å²) in [7, 11) is 0. The van der Waals surface area contributed by atoms with Crippen molar-refractivity contribution in [2.24, 2.45) is 0 Å². The summed E-state index contributed by atoms with van der Waals surface area (Å²) in [6.07, 6.45) is 0. The number of aromatic amines is 1. The Morgan fingerprint density at radius 3 is 2.53 bits per heavy atom. The van der Waals surface area contributed by atoms with Crippen molar-refractivity contribution in [2.75, 3.05) is 0 Å². The molecule has 0 aliphatic carbocycles. The van der Waals surface area contributed by atoms with Crippen LogP contribution in [0.2, 0.25) is 10.0 Å². The highest BCUT2D eigenvalue weighted by atomic mass is 79.9. The number of hydrogen-bond acceptors (Lipinski definition) is 1. The summed E-state index contributed by atoms with van der Waals surface area (Å²) >= 11 is 21.0. The number of hydrogen-bond donors (Lipinski definition) is 1. The fourth-order valence-electron chi connectivity index (χ4n) is 1.97. The number of para-hydroxylation sites is 1. The van der Waals surface area contributed by atoms with Gasteiger partial charge in [0.15, 0.2) is 4.77 Å². The van der Waals surface area contributed by atoms with E-state index in [4.69, 9.17) is 35.4 Å². The van der Waals surface area contributed by atoms with Crippen LogP contribution in [0.3, 0.4) is 0 Å². The summed E-state index contributed by atoms with van der Waals surface area (Å²) in [6.45, 7) is 0. The molecule has 0 bridgehead atoms. The standard InChI is InChI=1S/C13H7BrCl2N2S/c14-7-3-1-2-4-11(7)18-12-6-9(16)8(15)5-10(12)17-13(18)19/h1-6H,(H,17,19). The van der Waals surface area contributed by atoms with Crippen LogP contribution in [-0.4, -0.2) is 9.55 Å². The molecule has 19 heavy (non-hydrogen) atoms. The molecule has 0 saturated carbocycles. The van der Waals surface area contributed by atoms with E-state index in [0.29, 0.717) is 14.8 Å². The van der Waals surface area contributed by atoms with E-state index in [1.165, 1.54) is 0 Å². The summed E-state index contributed by atoms with van der Waals surface area (Å²) in [6, 6.07) is 11.4. The molecule has 0 radical (unpaired) electrons. The number of H-pyrrole nitrogens is 1. The molecule has 2 aromatic carbocycles. The van der Waals surface area contributed by atoms with Crippen molar-refractivity contribution in [3.05, 3.63) is 55.7 Å². The van der Waals surface area contributed by atoms with Crippen molar-refractivity contribution >= 4 is 62.4 Å². The van der Waals surface area contributed by atoms with Gasteiger partial charge < -0.3 is 4.98 Å². The van der Waals surface area contributed by atoms with Crippen molar-refractivity contribution < 1.29 is 0 Å². The van der Waals surface area contributed by atoms with Crippen molar-refractivity contribution in [1.29, 1.82) is 0 Å². The first kappa shape index (κ1) is 13.2. The van der Waals surface area contributed by atoms with Gasteiger partial charge in [0, 0.05) is 4.47 Å². The number of aromatic nitrogens is 2. The molecule has 1 aromatic heterocycles. The average Bonchev–Trinajstić information content (AvgIpc) is 2.66. The molecule has 1 N–H and O–H groups in total. The van der Waals surface area contributed by atoms with Gasteiger partial charge in [-0.2, -0.15) is 0 Å². The number of nitrogens with one attached hydrogen (secondary N) is 1. The number of nitrogens with zero attached hydrogens (tertiary/aromatic N) is 1. The first-order chi connectivity index (χ1) is 9.08. The monoisotopic (exact) mass is 372 g/mol. The largest absolute Gasteiger partial charge is 0.330 e. The Balaban J connectivity index is 2.42. The predicted octanol–water partition coefficient (Wildman–Crippen LogP) is 5.76. The summed E-state index contributed by atoms with van der Waals surface area (Å²) in [5, 5.41) is 1.01. The van der Waals surface area contributed by atoms with Gasteiger partial charge in [0.05, 0.1) is 26.8 Å². The topological polar surface area (TPSA) is 20.7 Å². The number of rotatable bonds is 1. The maximum absolute atomic E-state index is 6.09. The van der Waals surface area contributed by atoms with Crippen molar-refractivity contribution in [1.82, 2.24) is 9.55 Å². The van der Waals surface area contributed by atoms with Gasteiger partial charge in [-0.15, -0.1) is 0 Å². The van der Waals surface area contributed by atoms with E-state index in [2.05, 4.69) is 20.9 Å². The highest BCUT2D eigenvalue weighted by Gasteiger charge is 2.11. The Bertz CT molecular complexity index is 838. The van der Waals surface area contributed by atoms with Crippen LogP contribution >= 0.6 is 51.3 Å². The van der Waals surface area contributed by atoms with E-state index < -0.39 is 0 Å². The van der Waals surface area contributed by atoms with Gasteiger partial charge in [-0.25, -0.2) is 0 Å². The fourth-order valence-corrected chi connectivity index (χ4v) is 3.06. The minimum atomic E-state index is 0.504. The second-order valence-electron chi connectivity index (χ2n) is 4.00. The van der Waals surface area contributed by atoms with Crippen molar-refractivity contribution in [2.45, 2.75) is 0 Å². The molecule has 0 spiro atoms. The van der Waals surface area contributed by atoms with Crippen LogP contribution in [0.25, 0.3) is 16.7 Å². The normalized spacial score (nSPS) is 11.1. The lowest BCUT2D eigenvalue weighted by Gasteiger charge is -2.07. The van der Waals surface area contributed by atoms with Gasteiger partial charge in [0.1, 0.15) is 0 Å². The van der Waals surface area contributed by atoms with Crippen LogP contribution in [0.1, 0.15) is 0 Å². The van der Waals surface area contributed by atoms with E-state index in [9.17, 15) is 0 Å². The average molecular weight is 374 g/mol. The van der Waals surface area contributed by atoms with E-state index in [1.54, 1.807) is 6.07 Å². The summed E-state index contributed by atoms with van der Waals surface area (Å²) in [4.78, 5) is 3.13. The molecule has 96 valence electrons. The molecule has 3 aromatic rings. The second-order valence-corrected chi connectivity index (χ2v) is 6.06. The Morgan fingerprint density at radius 2 is 1.79 bits per heavy atom. The molecular formula is C13H7BrCl2N2S. The lowest BCUT2D eigenvalue weighted by atomic mass is 10.3. The van der Waals surface area contributed by atoms with Crippen LogP contribution in [-0.2, 0) is 0 Å².